The third-order valence-corrected chi connectivity index (χ3v) is 4.75. The van der Waals surface area contributed by atoms with Gasteiger partial charge in [0.1, 0.15) is 0 Å². The molecule has 2 aromatic carbocycles. The van der Waals surface area contributed by atoms with Crippen molar-refractivity contribution in [2.75, 3.05) is 12.3 Å². The first-order chi connectivity index (χ1) is 8.36. The molecule has 1 N–H and O–H groups in total. The minimum absolute atomic E-state index is 0.108. The Morgan fingerprint density at radius 3 is 1.47 bits per heavy atom. The monoisotopic (exact) mass is 303 g/mol. The van der Waals surface area contributed by atoms with Crippen molar-refractivity contribution in [3.8, 4) is 0 Å². The van der Waals surface area contributed by atoms with Gasteiger partial charge in [-0.15, -0.1) is 0 Å². The van der Waals surface area contributed by atoms with Gasteiger partial charge in [-0.05, 0) is 0 Å². The van der Waals surface area contributed by atoms with Crippen molar-refractivity contribution in [2.24, 2.45) is 0 Å². The molecular formula is C14H15GeNS-2. The molecule has 3 heteroatoms. The maximum atomic E-state index is 6.35. The summed E-state index contributed by atoms with van der Waals surface area (Å²) in [6.45, 7) is 0.384. The Hall–Kier alpha value is -0.707. The van der Waals surface area contributed by atoms with Crippen molar-refractivity contribution in [3.63, 3.8) is 0 Å². The van der Waals surface area contributed by atoms with Crippen LogP contribution in [-0.4, -0.2) is 27.7 Å². The first-order valence-corrected chi connectivity index (χ1v) is 8.14. The zero-order valence-electron chi connectivity index (χ0n) is 9.60. The van der Waals surface area contributed by atoms with E-state index in [0.29, 0.717) is 12.3 Å². The van der Waals surface area contributed by atoms with E-state index in [4.69, 9.17) is 5.73 Å². The second-order valence-electron chi connectivity index (χ2n) is 3.31. The summed E-state index contributed by atoms with van der Waals surface area (Å²) < 4.78 is 2.99. The van der Waals surface area contributed by atoms with E-state index in [-0.39, 0.29) is 15.4 Å². The van der Waals surface area contributed by atoms with Crippen LogP contribution in [0.25, 0.3) is 5.73 Å². The first kappa shape index (κ1) is 14.4. The third kappa shape index (κ3) is 6.56. The fourth-order valence-electron chi connectivity index (χ4n) is 1.21. The predicted octanol–water partition coefficient (Wildman–Crippen LogP) is 1.93. The van der Waals surface area contributed by atoms with Gasteiger partial charge in [-0.25, -0.2) is 0 Å². The Morgan fingerprint density at radius 2 is 1.18 bits per heavy atom. The van der Waals surface area contributed by atoms with Crippen LogP contribution >= 0.6 is 0 Å². The van der Waals surface area contributed by atoms with E-state index in [1.807, 2.05) is 0 Å². The SMILES string of the molecule is [NH-]CC[S-].c1cc[c]([Ge][c]2ccccc2)cc1. The molecule has 0 bridgehead atoms. The predicted molar refractivity (Wildman–Crippen MR) is 79.3 cm³/mol. The topological polar surface area (TPSA) is 23.8 Å². The Kier molecular flexibility index (Phi) is 7.88. The normalized spacial score (nSPS) is 9.29. The summed E-state index contributed by atoms with van der Waals surface area (Å²) >= 11 is 4.26. The molecule has 0 aliphatic heterocycles. The number of hydrogen-bond acceptors (Lipinski definition) is 1. The molecule has 2 radical (unpaired) electrons. The number of rotatable bonds is 3. The van der Waals surface area contributed by atoms with Crippen LogP contribution in [0.4, 0.5) is 0 Å². The molecule has 0 saturated heterocycles. The van der Waals surface area contributed by atoms with Gasteiger partial charge in [0.15, 0.2) is 0 Å². The Bertz CT molecular complexity index is 352. The number of hydrogen-bond donors (Lipinski definition) is 0. The van der Waals surface area contributed by atoms with E-state index in [1.54, 1.807) is 0 Å². The van der Waals surface area contributed by atoms with E-state index in [9.17, 15) is 0 Å². The first-order valence-electron chi connectivity index (χ1n) is 5.46. The van der Waals surface area contributed by atoms with Crippen LogP contribution in [-0.2, 0) is 12.6 Å². The van der Waals surface area contributed by atoms with Crippen molar-refractivity contribution < 1.29 is 0 Å². The minimum atomic E-state index is -0.108. The fourth-order valence-corrected chi connectivity index (χ4v) is 3.42. The average Bonchev–Trinajstić information content (AvgIpc) is 2.41. The van der Waals surface area contributed by atoms with Crippen LogP contribution in [0.2, 0.25) is 0 Å². The van der Waals surface area contributed by atoms with Crippen LogP contribution in [0.5, 0.6) is 0 Å². The van der Waals surface area contributed by atoms with Gasteiger partial charge >= 0.3 is 84.9 Å². The van der Waals surface area contributed by atoms with Gasteiger partial charge in [-0.3, -0.25) is 0 Å². The molecule has 0 spiro atoms. The van der Waals surface area contributed by atoms with Crippen molar-refractivity contribution in [1.29, 1.82) is 0 Å². The molecule has 2 rings (SSSR count). The Balaban J connectivity index is 0.000000317. The summed E-state index contributed by atoms with van der Waals surface area (Å²) in [7, 11) is 0. The molecule has 17 heavy (non-hydrogen) atoms. The quantitative estimate of drug-likeness (QED) is 0.628. The maximum absolute atomic E-state index is 6.35. The standard InChI is InChI=1S/C12H10Ge.C2H6NS/c1-3-7-11(8-4-1)13-12-9-5-2-6-10-12;3-1-2-4/h1-10H;3-4H,1-2H2/q;-1/p-1. The molecule has 0 aliphatic carbocycles. The van der Waals surface area contributed by atoms with Crippen molar-refractivity contribution in [2.45, 2.75) is 0 Å². The van der Waals surface area contributed by atoms with E-state index in [2.05, 4.69) is 73.3 Å². The van der Waals surface area contributed by atoms with Crippen LogP contribution in [0.15, 0.2) is 60.7 Å². The molecule has 0 fully saturated rings. The fraction of sp³-hybridized carbons (Fsp3) is 0.143. The van der Waals surface area contributed by atoms with Gasteiger partial charge in [0.05, 0.1) is 0 Å². The van der Waals surface area contributed by atoms with Crippen LogP contribution in [0, 0.1) is 0 Å². The van der Waals surface area contributed by atoms with E-state index < -0.39 is 0 Å². The van der Waals surface area contributed by atoms with Gasteiger partial charge in [-0.2, -0.15) is 12.3 Å². The number of nitrogens with one attached hydrogen (secondary N) is 1. The van der Waals surface area contributed by atoms with Gasteiger partial charge in [0.25, 0.3) is 0 Å². The third-order valence-electron chi connectivity index (χ3n) is 1.94. The second-order valence-corrected chi connectivity index (χ2v) is 6.67. The Labute approximate surface area is 115 Å². The van der Waals surface area contributed by atoms with Crippen LogP contribution in [0.1, 0.15) is 0 Å². The van der Waals surface area contributed by atoms with E-state index in [0.717, 1.165) is 0 Å². The molecule has 88 valence electrons. The molecule has 0 heterocycles. The van der Waals surface area contributed by atoms with E-state index >= 15 is 0 Å². The van der Waals surface area contributed by atoms with Crippen molar-refractivity contribution in [1.82, 2.24) is 0 Å². The van der Waals surface area contributed by atoms with Crippen molar-refractivity contribution in [3.05, 3.63) is 66.4 Å². The molecule has 0 atom stereocenters. The Morgan fingerprint density at radius 1 is 0.824 bits per heavy atom. The van der Waals surface area contributed by atoms with E-state index in [1.165, 1.54) is 8.79 Å². The zero-order valence-corrected chi connectivity index (χ0v) is 12.5. The van der Waals surface area contributed by atoms with Gasteiger partial charge in [0.2, 0.25) is 0 Å². The molecule has 0 aliphatic rings. The van der Waals surface area contributed by atoms with Crippen LogP contribution < -0.4 is 8.79 Å². The van der Waals surface area contributed by atoms with Gasteiger partial charge < -0.3 is 18.4 Å². The zero-order chi connectivity index (χ0) is 12.3. The molecule has 1 nitrogen and oxygen atoms in total. The van der Waals surface area contributed by atoms with Gasteiger partial charge in [0, 0.05) is 0 Å². The summed E-state index contributed by atoms with van der Waals surface area (Å²) in [5.74, 6) is 0.569. The molecular weight excluding hydrogens is 287 g/mol. The summed E-state index contributed by atoms with van der Waals surface area (Å²) in [5.41, 5.74) is 6.35. The summed E-state index contributed by atoms with van der Waals surface area (Å²) in [4.78, 5) is 0. The second kappa shape index (κ2) is 9.34. The van der Waals surface area contributed by atoms with Crippen LogP contribution in [0.3, 0.4) is 0 Å². The van der Waals surface area contributed by atoms with Crippen molar-refractivity contribution >= 4 is 36.9 Å². The van der Waals surface area contributed by atoms with Gasteiger partial charge in [-0.1, -0.05) is 0 Å². The molecule has 0 unspecified atom stereocenters. The summed E-state index contributed by atoms with van der Waals surface area (Å²) in [5, 5.41) is 0. The molecule has 0 saturated carbocycles. The summed E-state index contributed by atoms with van der Waals surface area (Å²) in [6, 6.07) is 21.5. The number of benzene rings is 2. The molecule has 2 aromatic rings. The summed E-state index contributed by atoms with van der Waals surface area (Å²) in [6.07, 6.45) is 0. The average molecular weight is 302 g/mol. The molecule has 0 aromatic heterocycles. The molecule has 0 amide bonds.